The lowest BCUT2D eigenvalue weighted by Crippen LogP contribution is -2.20. The molecule has 0 bridgehead atoms. The van der Waals surface area contributed by atoms with Crippen LogP contribution < -0.4 is 4.74 Å². The van der Waals surface area contributed by atoms with Gasteiger partial charge in [0.15, 0.2) is 5.78 Å². The van der Waals surface area contributed by atoms with Gasteiger partial charge in [0.05, 0.1) is 29.7 Å². The monoisotopic (exact) mass is 348 g/mol. The number of hydrogen-bond acceptors (Lipinski definition) is 4. The van der Waals surface area contributed by atoms with Gasteiger partial charge in [0, 0.05) is 12.3 Å². The number of Topliss-reactive ketones (excluding diaryl/α,β-unsaturated/α-hetero) is 1. The van der Waals surface area contributed by atoms with Crippen LogP contribution in [0.1, 0.15) is 39.6 Å². The van der Waals surface area contributed by atoms with Crippen molar-refractivity contribution in [2.75, 3.05) is 7.11 Å². The molecule has 5 nitrogen and oxygen atoms in total. The van der Waals surface area contributed by atoms with Gasteiger partial charge in [0.2, 0.25) is 0 Å². The van der Waals surface area contributed by atoms with E-state index >= 15 is 0 Å². The van der Waals surface area contributed by atoms with Crippen molar-refractivity contribution in [3.05, 3.63) is 71.0 Å². The van der Waals surface area contributed by atoms with E-state index in [1.165, 1.54) is 0 Å². The van der Waals surface area contributed by atoms with Gasteiger partial charge in [-0.15, -0.1) is 0 Å². The lowest BCUT2D eigenvalue weighted by atomic mass is 9.81. The highest BCUT2D eigenvalue weighted by molar-refractivity contribution is 6.00. The number of ether oxygens (including phenoxy) is 1. The molecular formula is C21H20N2O3. The SMILES string of the molecule is COc1ccc(-n2nc(C)c3c2C[C@H](c2ccccc2O)CC3=O)cc1. The summed E-state index contributed by atoms with van der Waals surface area (Å²) in [7, 11) is 1.63. The average molecular weight is 348 g/mol. The second-order valence-corrected chi connectivity index (χ2v) is 6.60. The molecule has 4 rings (SSSR count). The van der Waals surface area contributed by atoms with Gasteiger partial charge in [-0.05, 0) is 49.2 Å². The first kappa shape index (κ1) is 16.4. The fourth-order valence-corrected chi connectivity index (χ4v) is 3.75. The second-order valence-electron chi connectivity index (χ2n) is 6.60. The van der Waals surface area contributed by atoms with Gasteiger partial charge in [-0.2, -0.15) is 5.10 Å². The Labute approximate surface area is 151 Å². The minimum Gasteiger partial charge on any atom is -0.508 e. The highest BCUT2D eigenvalue weighted by Crippen LogP contribution is 2.38. The summed E-state index contributed by atoms with van der Waals surface area (Å²) < 4.78 is 7.06. The minimum absolute atomic E-state index is 0.0516. The van der Waals surface area contributed by atoms with Crippen molar-refractivity contribution in [3.63, 3.8) is 0 Å². The summed E-state index contributed by atoms with van der Waals surface area (Å²) in [6, 6.07) is 14.9. The van der Waals surface area contributed by atoms with E-state index in [1.807, 2.05) is 48.0 Å². The van der Waals surface area contributed by atoms with Gasteiger partial charge in [-0.3, -0.25) is 4.79 Å². The lowest BCUT2D eigenvalue weighted by molar-refractivity contribution is 0.0963. The van der Waals surface area contributed by atoms with Crippen molar-refractivity contribution in [3.8, 4) is 17.2 Å². The summed E-state index contributed by atoms with van der Waals surface area (Å²) in [5, 5.41) is 14.8. The third-order valence-corrected chi connectivity index (χ3v) is 5.00. The van der Waals surface area contributed by atoms with Crippen molar-refractivity contribution < 1.29 is 14.6 Å². The molecule has 132 valence electrons. The molecule has 0 unspecified atom stereocenters. The van der Waals surface area contributed by atoms with Crippen LogP contribution in [0.4, 0.5) is 0 Å². The van der Waals surface area contributed by atoms with Crippen LogP contribution in [0, 0.1) is 6.92 Å². The van der Waals surface area contributed by atoms with Crippen LogP contribution in [0.5, 0.6) is 11.5 Å². The molecule has 0 saturated carbocycles. The molecule has 0 radical (unpaired) electrons. The number of methoxy groups -OCH3 is 1. The molecule has 2 aromatic carbocycles. The maximum absolute atomic E-state index is 12.8. The first-order chi connectivity index (χ1) is 12.6. The van der Waals surface area contributed by atoms with Gasteiger partial charge in [-0.1, -0.05) is 18.2 Å². The molecule has 1 aliphatic carbocycles. The third-order valence-electron chi connectivity index (χ3n) is 5.00. The standard InChI is InChI=1S/C21H20N2O3/c1-13-21-18(23(22-13)15-7-9-16(26-2)10-8-15)11-14(12-20(21)25)17-5-3-4-6-19(17)24/h3-10,14,24H,11-12H2,1-2H3/t14-/m0/s1. The molecule has 5 heteroatoms. The van der Waals surface area contributed by atoms with Crippen LogP contribution in [-0.4, -0.2) is 27.8 Å². The van der Waals surface area contributed by atoms with Crippen LogP contribution in [-0.2, 0) is 6.42 Å². The van der Waals surface area contributed by atoms with Gasteiger partial charge in [0.1, 0.15) is 11.5 Å². The molecule has 0 fully saturated rings. The van der Waals surface area contributed by atoms with E-state index in [4.69, 9.17) is 4.74 Å². The highest BCUT2D eigenvalue weighted by atomic mass is 16.5. The first-order valence-electron chi connectivity index (χ1n) is 8.62. The summed E-state index contributed by atoms with van der Waals surface area (Å²) in [4.78, 5) is 12.8. The smallest absolute Gasteiger partial charge is 0.167 e. The quantitative estimate of drug-likeness (QED) is 0.782. The van der Waals surface area contributed by atoms with Gasteiger partial charge < -0.3 is 9.84 Å². The Hall–Kier alpha value is -3.08. The van der Waals surface area contributed by atoms with E-state index < -0.39 is 0 Å². The number of aromatic nitrogens is 2. The molecule has 0 amide bonds. The average Bonchev–Trinajstić information content (AvgIpc) is 2.99. The Balaban J connectivity index is 1.78. The van der Waals surface area contributed by atoms with Gasteiger partial charge in [-0.25, -0.2) is 4.68 Å². The van der Waals surface area contributed by atoms with Crippen LogP contribution in [0.15, 0.2) is 48.5 Å². The second kappa shape index (κ2) is 6.33. The number of fused-ring (bicyclic) bond motifs is 1. The molecule has 1 N–H and O–H groups in total. The van der Waals surface area contributed by atoms with Crippen LogP contribution in [0.25, 0.3) is 5.69 Å². The van der Waals surface area contributed by atoms with Crippen molar-refractivity contribution in [1.82, 2.24) is 9.78 Å². The molecule has 1 atom stereocenters. The summed E-state index contributed by atoms with van der Waals surface area (Å²) in [5.41, 5.74) is 4.06. The predicted octanol–water partition coefficient (Wildman–Crippen LogP) is 3.81. The Kier molecular flexibility index (Phi) is 3.99. The first-order valence-corrected chi connectivity index (χ1v) is 8.62. The van der Waals surface area contributed by atoms with Gasteiger partial charge >= 0.3 is 0 Å². The number of rotatable bonds is 3. The van der Waals surface area contributed by atoms with Crippen molar-refractivity contribution in [2.24, 2.45) is 0 Å². The highest BCUT2D eigenvalue weighted by Gasteiger charge is 2.33. The molecule has 0 aliphatic heterocycles. The van der Waals surface area contributed by atoms with Crippen molar-refractivity contribution in [2.45, 2.75) is 25.7 Å². The summed E-state index contributed by atoms with van der Waals surface area (Å²) in [6.07, 6.45) is 1.05. The summed E-state index contributed by atoms with van der Waals surface area (Å²) in [5.74, 6) is 1.04. The number of carbonyl (C=O) groups is 1. The minimum atomic E-state index is -0.0516. The largest absolute Gasteiger partial charge is 0.508 e. The maximum Gasteiger partial charge on any atom is 0.167 e. The number of phenols is 1. The van der Waals surface area contributed by atoms with E-state index in [0.717, 1.165) is 28.4 Å². The molecule has 1 heterocycles. The molecular weight excluding hydrogens is 328 g/mol. The number of benzene rings is 2. The molecule has 1 aliphatic rings. The number of hydrogen-bond donors (Lipinski definition) is 1. The van der Waals surface area contributed by atoms with Crippen LogP contribution >= 0.6 is 0 Å². The fraction of sp³-hybridized carbons (Fsp3) is 0.238. The summed E-state index contributed by atoms with van der Waals surface area (Å²) >= 11 is 0. The zero-order valence-corrected chi connectivity index (χ0v) is 14.8. The molecule has 0 spiro atoms. The fourth-order valence-electron chi connectivity index (χ4n) is 3.75. The van der Waals surface area contributed by atoms with E-state index in [9.17, 15) is 9.90 Å². The van der Waals surface area contributed by atoms with E-state index in [-0.39, 0.29) is 17.5 Å². The van der Waals surface area contributed by atoms with E-state index in [0.29, 0.717) is 18.4 Å². The van der Waals surface area contributed by atoms with Crippen molar-refractivity contribution >= 4 is 5.78 Å². The number of nitrogens with zero attached hydrogens (tertiary/aromatic N) is 2. The molecule has 0 saturated heterocycles. The number of phenolic OH excluding ortho intramolecular Hbond substituents is 1. The normalized spacial score (nSPS) is 16.4. The Morgan fingerprint density at radius 2 is 1.85 bits per heavy atom. The molecule has 3 aromatic rings. The number of ketones is 1. The number of para-hydroxylation sites is 1. The lowest BCUT2D eigenvalue weighted by Gasteiger charge is -2.23. The number of aryl methyl sites for hydroxylation is 1. The van der Waals surface area contributed by atoms with Crippen LogP contribution in [0.3, 0.4) is 0 Å². The number of carbonyl (C=O) groups excluding carboxylic acids is 1. The maximum atomic E-state index is 12.8. The molecule has 1 aromatic heterocycles. The topological polar surface area (TPSA) is 64.3 Å². The van der Waals surface area contributed by atoms with E-state index in [2.05, 4.69) is 5.10 Å². The zero-order valence-electron chi connectivity index (χ0n) is 14.8. The zero-order chi connectivity index (χ0) is 18.3. The predicted molar refractivity (Wildman–Crippen MR) is 98.4 cm³/mol. The third kappa shape index (κ3) is 2.65. The Morgan fingerprint density at radius 3 is 2.54 bits per heavy atom. The molecule has 26 heavy (non-hydrogen) atoms. The van der Waals surface area contributed by atoms with E-state index in [1.54, 1.807) is 19.2 Å². The number of aromatic hydroxyl groups is 1. The Bertz CT molecular complexity index is 973. The van der Waals surface area contributed by atoms with Crippen molar-refractivity contribution in [1.29, 1.82) is 0 Å². The van der Waals surface area contributed by atoms with Crippen LogP contribution in [0.2, 0.25) is 0 Å². The summed E-state index contributed by atoms with van der Waals surface area (Å²) in [6.45, 7) is 1.87. The Morgan fingerprint density at radius 1 is 1.12 bits per heavy atom. The van der Waals surface area contributed by atoms with Gasteiger partial charge in [0.25, 0.3) is 0 Å².